The van der Waals surface area contributed by atoms with Gasteiger partial charge in [0.05, 0.1) is 23.7 Å². The number of para-hydroxylation sites is 1. The zero-order valence-electron chi connectivity index (χ0n) is 18.8. The summed E-state index contributed by atoms with van der Waals surface area (Å²) in [6, 6.07) is 19.8. The molecule has 2 aromatic heterocycles. The lowest BCUT2D eigenvalue weighted by Gasteiger charge is -2.14. The molecule has 1 saturated carbocycles. The molecule has 0 saturated heterocycles. The zero-order chi connectivity index (χ0) is 23.4. The van der Waals surface area contributed by atoms with Crippen LogP contribution in [0.25, 0.3) is 44.2 Å². The number of hydrogen-bond acceptors (Lipinski definition) is 4. The maximum atomic E-state index is 11.0. The number of ether oxygens (including phenoxy) is 1. The minimum absolute atomic E-state index is 0.223. The van der Waals surface area contributed by atoms with Crippen molar-refractivity contribution in [2.24, 2.45) is 5.92 Å². The molecule has 1 unspecified atom stereocenters. The van der Waals surface area contributed by atoms with Crippen LogP contribution in [-0.2, 0) is 13.1 Å². The Labute approximate surface area is 195 Å². The fourth-order valence-electron chi connectivity index (χ4n) is 5.03. The van der Waals surface area contributed by atoms with Crippen LogP contribution in [0.4, 0.5) is 4.79 Å². The highest BCUT2D eigenvalue weighted by Crippen LogP contribution is 2.37. The van der Waals surface area contributed by atoms with Gasteiger partial charge >= 0.3 is 6.16 Å². The van der Waals surface area contributed by atoms with E-state index in [-0.39, 0.29) is 5.75 Å². The van der Waals surface area contributed by atoms with Crippen LogP contribution >= 0.6 is 0 Å². The van der Waals surface area contributed by atoms with Crippen molar-refractivity contribution in [1.29, 1.82) is 0 Å². The lowest BCUT2D eigenvalue weighted by Crippen LogP contribution is -2.18. The second-order valence-electron chi connectivity index (χ2n) is 8.96. The monoisotopic (exact) mass is 455 g/mol. The normalized spacial score (nSPS) is 14.8. The quantitative estimate of drug-likeness (QED) is 0.255. The number of aryl methyl sites for hydroxylation is 1. The molecule has 7 heteroatoms. The van der Waals surface area contributed by atoms with Crippen LogP contribution in [0.3, 0.4) is 0 Å². The molecule has 2 N–H and O–H groups in total. The van der Waals surface area contributed by atoms with Crippen molar-refractivity contribution in [3.63, 3.8) is 0 Å². The Morgan fingerprint density at radius 1 is 1.03 bits per heavy atom. The third-order valence-electron chi connectivity index (χ3n) is 6.81. The van der Waals surface area contributed by atoms with Crippen LogP contribution in [0.15, 0.2) is 60.7 Å². The maximum Gasteiger partial charge on any atom is 0.511 e. The van der Waals surface area contributed by atoms with Crippen molar-refractivity contribution < 1.29 is 19.7 Å². The molecule has 1 atom stereocenters. The molecule has 0 amide bonds. The summed E-state index contributed by atoms with van der Waals surface area (Å²) in [5.41, 5.74) is 4.79. The first-order valence-corrected chi connectivity index (χ1v) is 11.6. The second kappa shape index (κ2) is 7.88. The minimum Gasteiger partial charge on any atom is -0.449 e. The zero-order valence-corrected chi connectivity index (χ0v) is 18.8. The van der Waals surface area contributed by atoms with Gasteiger partial charge < -0.3 is 24.1 Å². The molecule has 34 heavy (non-hydrogen) atoms. The molecule has 5 aromatic rings. The van der Waals surface area contributed by atoms with Gasteiger partial charge in [0.15, 0.2) is 0 Å². The first kappa shape index (κ1) is 20.7. The van der Waals surface area contributed by atoms with Crippen LogP contribution in [0.5, 0.6) is 5.75 Å². The number of nitrogens with zero attached hydrogens (tertiary/aromatic N) is 3. The number of rotatable bonds is 6. The Bertz CT molecular complexity index is 1560. The molecule has 2 heterocycles. The fourth-order valence-corrected chi connectivity index (χ4v) is 5.03. The van der Waals surface area contributed by atoms with Gasteiger partial charge in [0.1, 0.15) is 11.6 Å². The maximum absolute atomic E-state index is 11.0. The Morgan fingerprint density at radius 2 is 1.79 bits per heavy atom. The van der Waals surface area contributed by atoms with Crippen LogP contribution in [-0.4, -0.2) is 36.6 Å². The molecular weight excluding hydrogens is 430 g/mol. The van der Waals surface area contributed by atoms with Gasteiger partial charge in [-0.1, -0.05) is 18.2 Å². The molecule has 7 nitrogen and oxygen atoms in total. The summed E-state index contributed by atoms with van der Waals surface area (Å²) in [6.45, 7) is 3.46. The van der Waals surface area contributed by atoms with Gasteiger partial charge in [-0.25, -0.2) is 9.78 Å². The van der Waals surface area contributed by atoms with E-state index in [0.717, 1.165) is 41.7 Å². The SMILES string of the molecule is CCn1c2ccccc2c2cc(-c3nc4cc(OC(=O)O)ccc4n3CC(O)C3CC3)ccc21. The minimum atomic E-state index is -1.36. The van der Waals surface area contributed by atoms with E-state index in [2.05, 4.69) is 54.0 Å². The van der Waals surface area contributed by atoms with Crippen LogP contribution in [0, 0.1) is 5.92 Å². The summed E-state index contributed by atoms with van der Waals surface area (Å²) in [5, 5.41) is 22.1. The van der Waals surface area contributed by atoms with E-state index in [4.69, 9.17) is 14.8 Å². The first-order valence-electron chi connectivity index (χ1n) is 11.6. The van der Waals surface area contributed by atoms with Gasteiger partial charge in [0, 0.05) is 40.0 Å². The average molecular weight is 456 g/mol. The molecule has 0 spiro atoms. The topological polar surface area (TPSA) is 89.5 Å². The number of benzene rings is 3. The Balaban J connectivity index is 1.54. The number of carbonyl (C=O) groups is 1. The Kier molecular flexibility index (Phi) is 4.81. The second-order valence-corrected chi connectivity index (χ2v) is 8.96. The number of imidazole rings is 1. The fraction of sp³-hybridized carbons (Fsp3) is 0.259. The summed E-state index contributed by atoms with van der Waals surface area (Å²) in [5.74, 6) is 1.29. The van der Waals surface area contributed by atoms with Gasteiger partial charge in [-0.3, -0.25) is 0 Å². The molecule has 0 radical (unpaired) electrons. The van der Waals surface area contributed by atoms with E-state index < -0.39 is 12.3 Å². The molecule has 1 fully saturated rings. The van der Waals surface area contributed by atoms with E-state index in [9.17, 15) is 9.90 Å². The molecule has 1 aliphatic carbocycles. The van der Waals surface area contributed by atoms with Crippen molar-refractivity contribution in [2.75, 3.05) is 0 Å². The average Bonchev–Trinajstić information content (AvgIpc) is 3.56. The van der Waals surface area contributed by atoms with Crippen molar-refractivity contribution in [3.8, 4) is 17.1 Å². The van der Waals surface area contributed by atoms with E-state index in [1.807, 2.05) is 10.6 Å². The van der Waals surface area contributed by atoms with Crippen molar-refractivity contribution in [3.05, 3.63) is 60.7 Å². The van der Waals surface area contributed by atoms with E-state index in [0.29, 0.717) is 18.0 Å². The number of hydrogen-bond donors (Lipinski definition) is 2. The lowest BCUT2D eigenvalue weighted by atomic mass is 10.1. The number of fused-ring (bicyclic) bond motifs is 4. The number of aliphatic hydroxyl groups is 1. The highest BCUT2D eigenvalue weighted by atomic mass is 16.7. The molecule has 0 aliphatic heterocycles. The van der Waals surface area contributed by atoms with Crippen LogP contribution < -0.4 is 4.74 Å². The number of aromatic nitrogens is 3. The third-order valence-corrected chi connectivity index (χ3v) is 6.81. The van der Waals surface area contributed by atoms with Gasteiger partial charge in [0.25, 0.3) is 0 Å². The summed E-state index contributed by atoms with van der Waals surface area (Å²) < 4.78 is 9.20. The smallest absolute Gasteiger partial charge is 0.449 e. The van der Waals surface area contributed by atoms with Crippen molar-refractivity contribution in [2.45, 2.75) is 39.0 Å². The van der Waals surface area contributed by atoms with Crippen LogP contribution in [0.2, 0.25) is 0 Å². The Hall–Kier alpha value is -3.84. The summed E-state index contributed by atoms with van der Waals surface area (Å²) in [6.07, 6.45) is 0.280. The van der Waals surface area contributed by atoms with E-state index in [1.54, 1.807) is 12.1 Å². The van der Waals surface area contributed by atoms with Crippen molar-refractivity contribution in [1.82, 2.24) is 14.1 Å². The third kappa shape index (κ3) is 3.40. The van der Waals surface area contributed by atoms with Gasteiger partial charge in [-0.2, -0.15) is 0 Å². The number of aliphatic hydroxyl groups excluding tert-OH is 1. The van der Waals surface area contributed by atoms with Gasteiger partial charge in [-0.05, 0) is 62.1 Å². The standard InChI is InChI=1S/C27H25N3O4/c1-2-29-22-6-4-3-5-19(22)20-13-17(9-11-23(20)29)26-28-21-14-18(34-27(32)33)10-12-24(21)30(26)15-25(31)16-7-8-16/h3-6,9-14,16,25,31H,2,7-8,15H2,1H3,(H,32,33). The highest BCUT2D eigenvalue weighted by molar-refractivity contribution is 6.09. The predicted octanol–water partition coefficient (Wildman–Crippen LogP) is 5.66. The lowest BCUT2D eigenvalue weighted by molar-refractivity contribution is 0.133. The summed E-state index contributed by atoms with van der Waals surface area (Å²) in [7, 11) is 0. The first-order chi connectivity index (χ1) is 16.5. The van der Waals surface area contributed by atoms with E-state index in [1.165, 1.54) is 16.4 Å². The number of carboxylic acid groups (broad SMARTS) is 1. The summed E-state index contributed by atoms with van der Waals surface area (Å²) >= 11 is 0. The summed E-state index contributed by atoms with van der Waals surface area (Å²) in [4.78, 5) is 15.9. The van der Waals surface area contributed by atoms with Gasteiger partial charge in [-0.15, -0.1) is 0 Å². The molecular formula is C27H25N3O4. The molecule has 0 bridgehead atoms. The Morgan fingerprint density at radius 3 is 2.56 bits per heavy atom. The van der Waals surface area contributed by atoms with Crippen molar-refractivity contribution >= 4 is 39.0 Å². The molecule has 172 valence electrons. The molecule has 3 aromatic carbocycles. The van der Waals surface area contributed by atoms with E-state index >= 15 is 0 Å². The van der Waals surface area contributed by atoms with Gasteiger partial charge in [0.2, 0.25) is 0 Å². The predicted molar refractivity (Wildman–Crippen MR) is 131 cm³/mol. The largest absolute Gasteiger partial charge is 0.511 e. The molecule has 1 aliphatic rings. The van der Waals surface area contributed by atoms with Crippen LogP contribution in [0.1, 0.15) is 19.8 Å². The highest BCUT2D eigenvalue weighted by Gasteiger charge is 2.31. The molecule has 6 rings (SSSR count).